The molecular formula is C23H22FN3O2S. The van der Waals surface area contributed by atoms with E-state index in [1.807, 2.05) is 13.0 Å². The molecule has 0 spiro atoms. The Labute approximate surface area is 178 Å². The lowest BCUT2D eigenvalue weighted by molar-refractivity contribution is 0.244. The summed E-state index contributed by atoms with van der Waals surface area (Å²) in [6.07, 6.45) is 2.23. The minimum atomic E-state index is -0.402. The predicted octanol–water partition coefficient (Wildman–Crippen LogP) is 5.74. The van der Waals surface area contributed by atoms with Gasteiger partial charge in [-0.15, -0.1) is 11.3 Å². The Morgan fingerprint density at radius 2 is 2.10 bits per heavy atom. The molecule has 0 unspecified atom stereocenters. The zero-order valence-electron chi connectivity index (χ0n) is 16.9. The third kappa shape index (κ3) is 3.48. The maximum absolute atomic E-state index is 13.7. The van der Waals surface area contributed by atoms with E-state index in [-0.39, 0.29) is 5.75 Å². The molecule has 0 amide bonds. The highest BCUT2D eigenvalue weighted by molar-refractivity contribution is 7.18. The van der Waals surface area contributed by atoms with Crippen LogP contribution in [0.15, 0.2) is 46.9 Å². The minimum absolute atomic E-state index is 0.181. The monoisotopic (exact) mass is 423 g/mol. The maximum Gasteiger partial charge on any atom is 0.226 e. The zero-order chi connectivity index (χ0) is 20.7. The van der Waals surface area contributed by atoms with Crippen LogP contribution in [0.4, 0.5) is 4.39 Å². The lowest BCUT2D eigenvalue weighted by Gasteiger charge is -2.21. The lowest BCUT2D eigenvalue weighted by atomic mass is 10.2. The van der Waals surface area contributed by atoms with Gasteiger partial charge in [-0.05, 0) is 56.6 Å². The SMILES string of the molecule is COc1cc(-c2nc(CN3CCC[C@H]3c3nc4ccccc4s3)c(C)o2)ccc1F. The molecular weight excluding hydrogens is 401 g/mol. The summed E-state index contributed by atoms with van der Waals surface area (Å²) in [5.74, 6) is 1.04. The van der Waals surface area contributed by atoms with E-state index < -0.39 is 5.82 Å². The van der Waals surface area contributed by atoms with E-state index in [1.54, 1.807) is 23.5 Å². The van der Waals surface area contributed by atoms with Crippen molar-refractivity contribution in [2.24, 2.45) is 0 Å². The fraction of sp³-hybridized carbons (Fsp3) is 0.304. The third-order valence-electron chi connectivity index (χ3n) is 5.60. The molecule has 3 heterocycles. The average Bonchev–Trinajstić information content (AvgIpc) is 3.47. The smallest absolute Gasteiger partial charge is 0.226 e. The van der Waals surface area contributed by atoms with Crippen LogP contribution in [0.2, 0.25) is 0 Å². The van der Waals surface area contributed by atoms with Crippen molar-refractivity contribution in [2.75, 3.05) is 13.7 Å². The van der Waals surface area contributed by atoms with E-state index in [1.165, 1.54) is 22.9 Å². The molecule has 5 rings (SSSR count). The number of methoxy groups -OCH3 is 1. The highest BCUT2D eigenvalue weighted by Crippen LogP contribution is 2.38. The number of hydrogen-bond donors (Lipinski definition) is 0. The van der Waals surface area contributed by atoms with Crippen molar-refractivity contribution in [3.8, 4) is 17.2 Å². The van der Waals surface area contributed by atoms with Gasteiger partial charge in [0.2, 0.25) is 5.89 Å². The molecule has 154 valence electrons. The molecule has 1 aliphatic heterocycles. The molecule has 30 heavy (non-hydrogen) atoms. The maximum atomic E-state index is 13.7. The summed E-state index contributed by atoms with van der Waals surface area (Å²) in [6, 6.07) is 13.2. The lowest BCUT2D eigenvalue weighted by Crippen LogP contribution is -2.23. The molecule has 0 radical (unpaired) electrons. The van der Waals surface area contributed by atoms with Gasteiger partial charge in [0.15, 0.2) is 11.6 Å². The zero-order valence-corrected chi connectivity index (χ0v) is 17.7. The number of rotatable bonds is 5. The van der Waals surface area contributed by atoms with Crippen LogP contribution < -0.4 is 4.74 Å². The van der Waals surface area contributed by atoms with E-state index in [0.29, 0.717) is 24.0 Å². The van der Waals surface area contributed by atoms with E-state index >= 15 is 0 Å². The van der Waals surface area contributed by atoms with Crippen molar-refractivity contribution >= 4 is 21.6 Å². The Kier molecular flexibility index (Phi) is 5.00. The Morgan fingerprint density at radius 1 is 1.23 bits per heavy atom. The normalized spacial score (nSPS) is 17.1. The van der Waals surface area contributed by atoms with Crippen LogP contribution in [0.5, 0.6) is 5.75 Å². The number of para-hydroxylation sites is 1. The van der Waals surface area contributed by atoms with E-state index in [4.69, 9.17) is 19.1 Å². The van der Waals surface area contributed by atoms with Gasteiger partial charge < -0.3 is 9.15 Å². The van der Waals surface area contributed by atoms with Crippen molar-refractivity contribution < 1.29 is 13.5 Å². The molecule has 1 aliphatic rings. The quantitative estimate of drug-likeness (QED) is 0.409. The van der Waals surface area contributed by atoms with Crippen LogP contribution in [0.3, 0.4) is 0 Å². The van der Waals surface area contributed by atoms with Gasteiger partial charge in [0, 0.05) is 12.1 Å². The fourth-order valence-electron chi connectivity index (χ4n) is 4.01. The van der Waals surface area contributed by atoms with Gasteiger partial charge in [-0.2, -0.15) is 0 Å². The number of halogens is 1. The molecule has 4 aromatic rings. The number of thiazole rings is 1. The van der Waals surface area contributed by atoms with Crippen LogP contribution >= 0.6 is 11.3 Å². The molecule has 1 atom stereocenters. The van der Waals surface area contributed by atoms with Crippen LogP contribution in [-0.2, 0) is 6.54 Å². The highest BCUT2D eigenvalue weighted by atomic mass is 32.1. The second-order valence-electron chi connectivity index (χ2n) is 7.52. The van der Waals surface area contributed by atoms with Crippen molar-refractivity contribution in [1.82, 2.24) is 14.9 Å². The largest absolute Gasteiger partial charge is 0.494 e. The summed E-state index contributed by atoms with van der Waals surface area (Å²) in [4.78, 5) is 12.0. The van der Waals surface area contributed by atoms with Crippen LogP contribution in [-0.4, -0.2) is 28.5 Å². The van der Waals surface area contributed by atoms with Crippen LogP contribution in [0, 0.1) is 12.7 Å². The third-order valence-corrected chi connectivity index (χ3v) is 6.74. The first-order valence-electron chi connectivity index (χ1n) is 10.0. The van der Waals surface area contributed by atoms with Gasteiger partial charge in [-0.25, -0.2) is 14.4 Å². The van der Waals surface area contributed by atoms with Gasteiger partial charge in [-0.1, -0.05) is 12.1 Å². The Balaban J connectivity index is 1.40. The molecule has 0 aliphatic carbocycles. The van der Waals surface area contributed by atoms with Crippen molar-refractivity contribution in [3.63, 3.8) is 0 Å². The number of hydrogen-bond acceptors (Lipinski definition) is 6. The topological polar surface area (TPSA) is 51.4 Å². The highest BCUT2D eigenvalue weighted by Gasteiger charge is 2.30. The summed E-state index contributed by atoms with van der Waals surface area (Å²) in [5, 5.41) is 1.17. The molecule has 1 saturated heterocycles. The standard InChI is InChI=1S/C23H22FN3O2S/c1-14-18(25-22(29-14)15-9-10-16(24)20(12-15)28-2)13-27-11-5-7-19(27)23-26-17-6-3-4-8-21(17)30-23/h3-4,6,8-10,12,19H,5,7,11,13H2,1-2H3/t19-/m0/s1. The van der Waals surface area contributed by atoms with Gasteiger partial charge >= 0.3 is 0 Å². The molecule has 1 fully saturated rings. The second-order valence-corrected chi connectivity index (χ2v) is 8.58. The molecule has 0 saturated carbocycles. The predicted molar refractivity (Wildman–Crippen MR) is 115 cm³/mol. The molecule has 2 aromatic heterocycles. The number of nitrogens with zero attached hydrogens (tertiary/aromatic N) is 3. The van der Waals surface area contributed by atoms with Gasteiger partial charge in [0.25, 0.3) is 0 Å². The molecule has 0 N–H and O–H groups in total. The Hall–Kier alpha value is -2.77. The number of benzene rings is 2. The summed E-state index contributed by atoms with van der Waals surface area (Å²) in [7, 11) is 1.45. The summed E-state index contributed by atoms with van der Waals surface area (Å²) in [5.41, 5.74) is 2.67. The minimum Gasteiger partial charge on any atom is -0.494 e. The Bertz CT molecular complexity index is 1170. The van der Waals surface area contributed by atoms with E-state index in [0.717, 1.165) is 36.4 Å². The van der Waals surface area contributed by atoms with Gasteiger partial charge in [0.05, 0.1) is 29.1 Å². The van der Waals surface area contributed by atoms with Gasteiger partial charge in [0.1, 0.15) is 10.8 Å². The number of aromatic nitrogens is 2. The number of aryl methyl sites for hydroxylation is 1. The summed E-state index contributed by atoms with van der Waals surface area (Å²) in [6.45, 7) is 3.64. The first-order valence-corrected chi connectivity index (χ1v) is 10.8. The van der Waals surface area contributed by atoms with Crippen LogP contribution in [0.1, 0.15) is 35.3 Å². The molecule has 2 aromatic carbocycles. The Morgan fingerprint density at radius 3 is 2.93 bits per heavy atom. The number of ether oxygens (including phenoxy) is 1. The second kappa shape index (κ2) is 7.81. The summed E-state index contributed by atoms with van der Waals surface area (Å²) < 4.78 is 26.0. The van der Waals surface area contributed by atoms with Gasteiger partial charge in [-0.3, -0.25) is 4.90 Å². The first-order chi connectivity index (χ1) is 14.6. The molecule has 0 bridgehead atoms. The van der Waals surface area contributed by atoms with E-state index in [9.17, 15) is 4.39 Å². The number of fused-ring (bicyclic) bond motifs is 1. The molecule has 7 heteroatoms. The first kappa shape index (κ1) is 19.2. The average molecular weight is 424 g/mol. The van der Waals surface area contributed by atoms with Crippen molar-refractivity contribution in [1.29, 1.82) is 0 Å². The van der Waals surface area contributed by atoms with Crippen molar-refractivity contribution in [2.45, 2.75) is 32.4 Å². The van der Waals surface area contributed by atoms with Crippen LogP contribution in [0.25, 0.3) is 21.7 Å². The number of oxazole rings is 1. The fourth-order valence-corrected chi connectivity index (χ4v) is 5.15. The molecule has 5 nitrogen and oxygen atoms in total. The number of likely N-dealkylation sites (tertiary alicyclic amines) is 1. The summed E-state index contributed by atoms with van der Waals surface area (Å²) >= 11 is 1.77. The van der Waals surface area contributed by atoms with E-state index in [2.05, 4.69) is 23.1 Å². The van der Waals surface area contributed by atoms with Crippen molar-refractivity contribution in [3.05, 3.63) is 64.7 Å².